The number of likely N-dealkylation sites (tertiary alicyclic amines) is 1. The minimum atomic E-state index is -3.57. The lowest BCUT2D eigenvalue weighted by atomic mass is 9.87. The topological polar surface area (TPSA) is 66.5 Å². The fourth-order valence-electron chi connectivity index (χ4n) is 3.61. The monoisotopic (exact) mass is 414 g/mol. The van der Waals surface area contributed by atoms with Gasteiger partial charge in [0.2, 0.25) is 10.0 Å². The van der Waals surface area contributed by atoms with Gasteiger partial charge < -0.3 is 4.90 Å². The normalized spacial score (nSPS) is 16.1. The van der Waals surface area contributed by atoms with Crippen LogP contribution in [-0.4, -0.2) is 38.4 Å². The predicted molar refractivity (Wildman–Crippen MR) is 116 cm³/mol. The molecule has 1 saturated heterocycles. The Labute approximate surface area is 174 Å². The molecule has 2 aromatic rings. The summed E-state index contributed by atoms with van der Waals surface area (Å²) < 4.78 is 28.3. The highest BCUT2D eigenvalue weighted by atomic mass is 32.2. The summed E-state index contributed by atoms with van der Waals surface area (Å²) in [5.41, 5.74) is 2.75. The number of amides is 1. The lowest BCUT2D eigenvalue weighted by molar-refractivity contribution is 0.0710. The average Bonchev–Trinajstić information content (AvgIpc) is 2.67. The van der Waals surface area contributed by atoms with Crippen LogP contribution in [0.15, 0.2) is 53.4 Å². The second-order valence-electron chi connectivity index (χ2n) is 8.78. The molecule has 0 saturated carbocycles. The first-order chi connectivity index (χ1) is 13.6. The SMILES string of the molecule is Cc1ccccc1C(=O)N1CCC(NS(=O)(=O)c2ccc(C(C)(C)C)cc2)CC1. The number of rotatable bonds is 4. The van der Waals surface area contributed by atoms with E-state index in [2.05, 4.69) is 25.5 Å². The van der Waals surface area contributed by atoms with Gasteiger partial charge in [-0.1, -0.05) is 51.1 Å². The number of sulfonamides is 1. The van der Waals surface area contributed by atoms with Crippen LogP contribution in [0.4, 0.5) is 0 Å². The number of piperidine rings is 1. The molecular formula is C23H30N2O3S. The van der Waals surface area contributed by atoms with Gasteiger partial charge in [-0.05, 0) is 54.5 Å². The average molecular weight is 415 g/mol. The van der Waals surface area contributed by atoms with Crippen LogP contribution in [0.2, 0.25) is 0 Å². The van der Waals surface area contributed by atoms with Gasteiger partial charge in [0.15, 0.2) is 0 Å². The zero-order valence-corrected chi connectivity index (χ0v) is 18.4. The molecule has 0 spiro atoms. The van der Waals surface area contributed by atoms with E-state index in [0.29, 0.717) is 31.5 Å². The maximum absolute atomic E-state index is 12.8. The quantitative estimate of drug-likeness (QED) is 0.826. The number of carbonyl (C=O) groups is 1. The Bertz CT molecular complexity index is 968. The molecule has 2 aromatic carbocycles. The van der Waals surface area contributed by atoms with Crippen molar-refractivity contribution in [2.75, 3.05) is 13.1 Å². The number of benzene rings is 2. The predicted octanol–water partition coefficient (Wildman–Crippen LogP) is 3.88. The van der Waals surface area contributed by atoms with Gasteiger partial charge in [-0.3, -0.25) is 4.79 Å². The zero-order chi connectivity index (χ0) is 21.2. The van der Waals surface area contributed by atoms with Gasteiger partial charge in [0, 0.05) is 24.7 Å². The summed E-state index contributed by atoms with van der Waals surface area (Å²) >= 11 is 0. The van der Waals surface area contributed by atoms with E-state index in [-0.39, 0.29) is 22.3 Å². The van der Waals surface area contributed by atoms with Crippen LogP contribution in [0.1, 0.15) is 55.1 Å². The smallest absolute Gasteiger partial charge is 0.254 e. The number of aryl methyl sites for hydroxylation is 1. The molecule has 0 bridgehead atoms. The second kappa shape index (κ2) is 8.28. The molecule has 0 radical (unpaired) electrons. The number of hydrogen-bond donors (Lipinski definition) is 1. The van der Waals surface area contributed by atoms with Crippen LogP contribution in [-0.2, 0) is 15.4 Å². The summed E-state index contributed by atoms with van der Waals surface area (Å²) in [6.07, 6.45) is 1.22. The molecule has 1 aliphatic heterocycles. The van der Waals surface area contributed by atoms with Crippen molar-refractivity contribution in [1.29, 1.82) is 0 Å². The van der Waals surface area contributed by atoms with Crippen LogP contribution in [0.25, 0.3) is 0 Å². The van der Waals surface area contributed by atoms with E-state index in [4.69, 9.17) is 0 Å². The van der Waals surface area contributed by atoms with Crippen molar-refractivity contribution in [2.45, 2.75) is 56.9 Å². The summed E-state index contributed by atoms with van der Waals surface area (Å²) in [7, 11) is -3.57. The first kappa shape index (κ1) is 21.5. The summed E-state index contributed by atoms with van der Waals surface area (Å²) in [6, 6.07) is 14.5. The van der Waals surface area contributed by atoms with Crippen molar-refractivity contribution in [3.63, 3.8) is 0 Å². The molecule has 1 amide bonds. The van der Waals surface area contributed by atoms with Crippen LogP contribution in [0, 0.1) is 6.92 Å². The van der Waals surface area contributed by atoms with Crippen LogP contribution in [0.5, 0.6) is 0 Å². The van der Waals surface area contributed by atoms with E-state index in [1.165, 1.54) is 0 Å². The van der Waals surface area contributed by atoms with Crippen molar-refractivity contribution in [2.24, 2.45) is 0 Å². The van der Waals surface area contributed by atoms with E-state index >= 15 is 0 Å². The largest absolute Gasteiger partial charge is 0.339 e. The zero-order valence-electron chi connectivity index (χ0n) is 17.6. The molecule has 1 heterocycles. The number of hydrogen-bond acceptors (Lipinski definition) is 3. The minimum absolute atomic E-state index is 0.0159. The Morgan fingerprint density at radius 1 is 1.00 bits per heavy atom. The molecule has 6 heteroatoms. The highest BCUT2D eigenvalue weighted by Crippen LogP contribution is 2.24. The fourth-order valence-corrected chi connectivity index (χ4v) is 4.91. The lowest BCUT2D eigenvalue weighted by Gasteiger charge is -2.32. The van der Waals surface area contributed by atoms with Crippen molar-refractivity contribution >= 4 is 15.9 Å². The number of carbonyl (C=O) groups excluding carboxylic acids is 1. The molecule has 5 nitrogen and oxygen atoms in total. The minimum Gasteiger partial charge on any atom is -0.339 e. The van der Waals surface area contributed by atoms with Gasteiger partial charge in [0.25, 0.3) is 5.91 Å². The third-order valence-electron chi connectivity index (χ3n) is 5.51. The Morgan fingerprint density at radius 3 is 2.14 bits per heavy atom. The summed E-state index contributed by atoms with van der Waals surface area (Å²) in [4.78, 5) is 14.8. The molecule has 29 heavy (non-hydrogen) atoms. The molecule has 0 aromatic heterocycles. The maximum Gasteiger partial charge on any atom is 0.254 e. The van der Waals surface area contributed by atoms with E-state index in [0.717, 1.165) is 11.1 Å². The summed E-state index contributed by atoms with van der Waals surface area (Å²) in [5.74, 6) is 0.0159. The highest BCUT2D eigenvalue weighted by Gasteiger charge is 2.28. The van der Waals surface area contributed by atoms with Crippen molar-refractivity contribution in [3.05, 3.63) is 65.2 Å². The Hall–Kier alpha value is -2.18. The van der Waals surface area contributed by atoms with Gasteiger partial charge >= 0.3 is 0 Å². The fraction of sp³-hybridized carbons (Fsp3) is 0.435. The summed E-state index contributed by atoms with van der Waals surface area (Å²) in [5, 5.41) is 0. The van der Waals surface area contributed by atoms with E-state index < -0.39 is 10.0 Å². The third kappa shape index (κ3) is 5.06. The van der Waals surface area contributed by atoms with Crippen LogP contribution in [0.3, 0.4) is 0 Å². The van der Waals surface area contributed by atoms with Crippen LogP contribution < -0.4 is 4.72 Å². The highest BCUT2D eigenvalue weighted by molar-refractivity contribution is 7.89. The number of nitrogens with zero attached hydrogens (tertiary/aromatic N) is 1. The molecular weight excluding hydrogens is 384 g/mol. The van der Waals surface area contributed by atoms with Crippen molar-refractivity contribution in [1.82, 2.24) is 9.62 Å². The Balaban J connectivity index is 1.61. The van der Waals surface area contributed by atoms with Gasteiger partial charge in [-0.15, -0.1) is 0 Å². The maximum atomic E-state index is 12.8. The van der Waals surface area contributed by atoms with Gasteiger partial charge in [0.1, 0.15) is 0 Å². The van der Waals surface area contributed by atoms with Crippen molar-refractivity contribution in [3.8, 4) is 0 Å². The van der Waals surface area contributed by atoms with E-state index in [9.17, 15) is 13.2 Å². The molecule has 156 valence electrons. The Morgan fingerprint density at radius 2 is 1.59 bits per heavy atom. The molecule has 1 fully saturated rings. The first-order valence-corrected chi connectivity index (χ1v) is 11.5. The molecule has 0 unspecified atom stereocenters. The van der Waals surface area contributed by atoms with Gasteiger partial charge in [-0.2, -0.15) is 0 Å². The molecule has 0 atom stereocenters. The number of nitrogens with one attached hydrogen (secondary N) is 1. The molecule has 1 N–H and O–H groups in total. The summed E-state index contributed by atoms with van der Waals surface area (Å²) in [6.45, 7) is 9.31. The first-order valence-electron chi connectivity index (χ1n) is 10.1. The lowest BCUT2D eigenvalue weighted by Crippen LogP contribution is -2.46. The molecule has 3 rings (SSSR count). The van der Waals surface area contributed by atoms with Gasteiger partial charge in [0.05, 0.1) is 4.90 Å². The van der Waals surface area contributed by atoms with Crippen LogP contribution >= 0.6 is 0 Å². The molecule has 0 aliphatic carbocycles. The third-order valence-corrected chi connectivity index (χ3v) is 7.05. The van der Waals surface area contributed by atoms with E-state index in [1.807, 2.05) is 48.2 Å². The van der Waals surface area contributed by atoms with E-state index in [1.54, 1.807) is 12.1 Å². The van der Waals surface area contributed by atoms with Crippen molar-refractivity contribution < 1.29 is 13.2 Å². The Kier molecular flexibility index (Phi) is 6.15. The second-order valence-corrected chi connectivity index (χ2v) is 10.5. The molecule has 1 aliphatic rings. The van der Waals surface area contributed by atoms with Gasteiger partial charge in [-0.25, -0.2) is 13.1 Å². The standard InChI is InChI=1S/C23H30N2O3S/c1-17-7-5-6-8-21(17)22(26)25-15-13-19(14-16-25)24-29(27,28)20-11-9-18(10-12-20)23(2,3)4/h5-12,19,24H,13-16H2,1-4H3.